The highest BCUT2D eigenvalue weighted by molar-refractivity contribution is 5.71. The molecule has 1 N–H and O–H groups in total. The summed E-state index contributed by atoms with van der Waals surface area (Å²) in [6.07, 6.45) is 71.3. The third-order valence-electron chi connectivity index (χ3n) is 13.4. The van der Waals surface area contributed by atoms with Crippen molar-refractivity contribution in [1.29, 1.82) is 0 Å². The Morgan fingerprint density at radius 1 is 0.413 bits per heavy atom. The second kappa shape index (κ2) is 56.9. The average Bonchev–Trinajstić information content (AvgIpc) is 3.38. The van der Waals surface area contributed by atoms with Gasteiger partial charge in [0.2, 0.25) is 0 Å². The van der Waals surface area contributed by atoms with Crippen LogP contribution in [0, 0.1) is 0 Å². The lowest BCUT2D eigenvalue weighted by molar-refractivity contribution is -0.870. The number of carboxylic acid groups (broad SMARTS) is 1. The van der Waals surface area contributed by atoms with E-state index in [-0.39, 0.29) is 32.2 Å². The molecule has 75 heavy (non-hydrogen) atoms. The van der Waals surface area contributed by atoms with E-state index in [2.05, 4.69) is 86.8 Å². The van der Waals surface area contributed by atoms with E-state index in [1.165, 1.54) is 173 Å². The molecule has 0 bridgehead atoms. The highest BCUT2D eigenvalue weighted by Gasteiger charge is 2.25. The van der Waals surface area contributed by atoms with Crippen LogP contribution in [0.3, 0.4) is 0 Å². The molecule has 0 fully saturated rings. The number of aliphatic carboxylic acids is 1. The van der Waals surface area contributed by atoms with E-state index >= 15 is 0 Å². The van der Waals surface area contributed by atoms with Crippen LogP contribution in [0.1, 0.15) is 271 Å². The van der Waals surface area contributed by atoms with Crippen LogP contribution in [0.2, 0.25) is 0 Å². The molecule has 9 nitrogen and oxygen atoms in total. The van der Waals surface area contributed by atoms with Crippen LogP contribution < -0.4 is 0 Å². The van der Waals surface area contributed by atoms with E-state index in [0.29, 0.717) is 17.4 Å². The van der Waals surface area contributed by atoms with Crippen LogP contribution >= 0.6 is 0 Å². The van der Waals surface area contributed by atoms with Crippen LogP contribution in [-0.4, -0.2) is 87.4 Å². The van der Waals surface area contributed by atoms with Gasteiger partial charge in [-0.2, -0.15) is 0 Å². The number of carboxylic acids is 1. The van der Waals surface area contributed by atoms with Crippen LogP contribution in [0.4, 0.5) is 0 Å². The van der Waals surface area contributed by atoms with Crippen molar-refractivity contribution in [1.82, 2.24) is 0 Å². The maximum Gasteiger partial charge on any atom is 0.361 e. The third kappa shape index (κ3) is 58.3. The number of ether oxygens (including phenoxy) is 4. The van der Waals surface area contributed by atoms with Crippen molar-refractivity contribution < 1.29 is 42.9 Å². The molecule has 0 radical (unpaired) electrons. The van der Waals surface area contributed by atoms with E-state index < -0.39 is 24.3 Å². The lowest BCUT2D eigenvalue weighted by Gasteiger charge is -2.25. The van der Waals surface area contributed by atoms with Crippen molar-refractivity contribution in [2.24, 2.45) is 0 Å². The van der Waals surface area contributed by atoms with Gasteiger partial charge in [-0.25, -0.2) is 4.79 Å². The Kier molecular flexibility index (Phi) is 54.4. The second-order valence-corrected chi connectivity index (χ2v) is 22.0. The van der Waals surface area contributed by atoms with Crippen LogP contribution in [-0.2, 0) is 33.3 Å². The number of unbranched alkanes of at least 4 members (excludes halogenated alkanes) is 30. The fourth-order valence-electron chi connectivity index (χ4n) is 8.68. The van der Waals surface area contributed by atoms with Gasteiger partial charge in [0.1, 0.15) is 13.2 Å². The minimum absolute atomic E-state index is 0.183. The smallest absolute Gasteiger partial charge is 0.361 e. The molecule has 0 aliphatic heterocycles. The number of quaternary nitrogens is 1. The van der Waals surface area contributed by atoms with Crippen LogP contribution in [0.5, 0.6) is 0 Å². The molecule has 0 saturated carbocycles. The zero-order valence-electron chi connectivity index (χ0n) is 49.4. The number of carbonyl (C=O) groups is 3. The van der Waals surface area contributed by atoms with Crippen LogP contribution in [0.25, 0.3) is 0 Å². The molecular weight excluding hydrogens is 935 g/mol. The molecule has 434 valence electrons. The van der Waals surface area contributed by atoms with Crippen molar-refractivity contribution in [3.05, 3.63) is 72.9 Å². The molecular formula is C66H118NO8+. The summed E-state index contributed by atoms with van der Waals surface area (Å²) in [5.41, 5.74) is 0. The molecule has 0 aromatic rings. The maximum absolute atomic E-state index is 12.9. The molecule has 2 unspecified atom stereocenters. The predicted octanol–water partition coefficient (Wildman–Crippen LogP) is 18.6. The SMILES string of the molecule is CC/C=C\C/C=C\C/C=C\C/C=C\C/C=C\CCCCCCCCCCCCCCCCCCCC(=O)OC(COC(=O)CCCCCCCCC/C=C\CCCCCCCC)COC(OCC[N+](C)(C)C)C(=O)O. The molecule has 0 rings (SSSR count). The normalized spacial score (nSPS) is 13.2. The fourth-order valence-corrected chi connectivity index (χ4v) is 8.68. The molecule has 0 aromatic heterocycles. The molecule has 9 heteroatoms. The lowest BCUT2D eigenvalue weighted by atomic mass is 10.0. The first-order chi connectivity index (χ1) is 36.6. The third-order valence-corrected chi connectivity index (χ3v) is 13.4. The van der Waals surface area contributed by atoms with Gasteiger partial charge in [-0.3, -0.25) is 9.59 Å². The number of likely N-dealkylation sites (N-methyl/N-ethyl adjacent to an activating group) is 1. The Balaban J connectivity index is 4.12. The van der Waals surface area contributed by atoms with Crippen molar-refractivity contribution in [2.75, 3.05) is 47.5 Å². The van der Waals surface area contributed by atoms with Crippen molar-refractivity contribution in [2.45, 2.75) is 283 Å². The molecule has 0 spiro atoms. The Hall–Kier alpha value is -3.27. The number of hydrogen-bond acceptors (Lipinski definition) is 7. The van der Waals surface area contributed by atoms with Gasteiger partial charge >= 0.3 is 17.9 Å². The van der Waals surface area contributed by atoms with Crippen molar-refractivity contribution in [3.63, 3.8) is 0 Å². The number of carbonyl (C=O) groups excluding carboxylic acids is 2. The maximum atomic E-state index is 12.9. The summed E-state index contributed by atoms with van der Waals surface area (Å²) in [6, 6.07) is 0. The monoisotopic (exact) mass is 1050 g/mol. The van der Waals surface area contributed by atoms with Gasteiger partial charge in [0.25, 0.3) is 6.29 Å². The highest BCUT2D eigenvalue weighted by atomic mass is 16.7. The van der Waals surface area contributed by atoms with Gasteiger partial charge in [0.15, 0.2) is 6.10 Å². The standard InChI is InChI=1S/C66H117NO8/c1-6-8-10-12-14-16-18-20-22-24-25-26-27-28-29-30-31-32-33-34-35-36-37-38-39-41-43-45-47-49-51-53-55-57-64(69)75-62(61-74-66(65(70)71)72-59-58-67(3,4)5)60-73-63(68)56-54-52-50-48-46-44-42-40-23-21-19-17-15-13-11-9-7-2/h8,10,14,16,20-23,25-26,28-29,62,66H,6-7,9,11-13,15,17-19,24,27,30-61H2,1-5H3/p+1/b10-8-,16-14-,22-20-,23-21-,26-25-,29-28-. The molecule has 0 amide bonds. The summed E-state index contributed by atoms with van der Waals surface area (Å²) in [4.78, 5) is 37.5. The quantitative estimate of drug-likeness (QED) is 0.0211. The summed E-state index contributed by atoms with van der Waals surface area (Å²) < 4.78 is 22.9. The summed E-state index contributed by atoms with van der Waals surface area (Å²) in [5, 5.41) is 9.71. The van der Waals surface area contributed by atoms with Gasteiger partial charge in [0.05, 0.1) is 34.4 Å². The molecule has 0 heterocycles. The van der Waals surface area contributed by atoms with E-state index in [4.69, 9.17) is 18.9 Å². The second-order valence-electron chi connectivity index (χ2n) is 22.0. The number of rotatable bonds is 57. The van der Waals surface area contributed by atoms with Crippen molar-refractivity contribution in [3.8, 4) is 0 Å². The topological polar surface area (TPSA) is 108 Å². The molecule has 0 saturated heterocycles. The predicted molar refractivity (Wildman–Crippen MR) is 318 cm³/mol. The summed E-state index contributed by atoms with van der Waals surface area (Å²) in [7, 11) is 5.97. The first kappa shape index (κ1) is 71.7. The Bertz CT molecular complexity index is 1460. The number of allylic oxidation sites excluding steroid dienone is 12. The minimum Gasteiger partial charge on any atom is -0.477 e. The summed E-state index contributed by atoms with van der Waals surface area (Å²) in [5.74, 6) is -2.00. The first-order valence-corrected chi connectivity index (χ1v) is 31.1. The zero-order valence-corrected chi connectivity index (χ0v) is 49.4. The molecule has 0 aromatic carbocycles. The van der Waals surface area contributed by atoms with Gasteiger partial charge in [-0.1, -0.05) is 247 Å². The number of nitrogens with zero attached hydrogens (tertiary/aromatic N) is 1. The Morgan fingerprint density at radius 2 is 0.760 bits per heavy atom. The van der Waals surface area contributed by atoms with Gasteiger partial charge in [-0.15, -0.1) is 0 Å². The van der Waals surface area contributed by atoms with E-state index in [1.807, 2.05) is 21.1 Å². The molecule has 2 atom stereocenters. The van der Waals surface area contributed by atoms with E-state index in [1.54, 1.807) is 0 Å². The number of esters is 2. The zero-order chi connectivity index (χ0) is 54.8. The number of hydrogen-bond donors (Lipinski definition) is 1. The van der Waals surface area contributed by atoms with Gasteiger partial charge in [-0.05, 0) is 83.5 Å². The Labute approximate surface area is 462 Å². The highest BCUT2D eigenvalue weighted by Crippen LogP contribution is 2.17. The van der Waals surface area contributed by atoms with E-state index in [9.17, 15) is 19.5 Å². The average molecular weight is 1050 g/mol. The lowest BCUT2D eigenvalue weighted by Crippen LogP contribution is -2.40. The van der Waals surface area contributed by atoms with Crippen molar-refractivity contribution >= 4 is 17.9 Å². The van der Waals surface area contributed by atoms with E-state index in [0.717, 1.165) is 70.6 Å². The van der Waals surface area contributed by atoms with Gasteiger partial charge < -0.3 is 28.5 Å². The summed E-state index contributed by atoms with van der Waals surface area (Å²) >= 11 is 0. The molecule has 0 aliphatic rings. The first-order valence-electron chi connectivity index (χ1n) is 31.1. The summed E-state index contributed by atoms with van der Waals surface area (Å²) in [6.45, 7) is 4.78. The largest absolute Gasteiger partial charge is 0.477 e. The Morgan fingerprint density at radius 3 is 1.15 bits per heavy atom. The van der Waals surface area contributed by atoms with Gasteiger partial charge in [0, 0.05) is 12.8 Å². The molecule has 0 aliphatic carbocycles. The minimum atomic E-state index is -1.51. The van der Waals surface area contributed by atoms with Crippen LogP contribution in [0.15, 0.2) is 72.9 Å². The fraction of sp³-hybridized carbons (Fsp3) is 0.773.